The smallest absolute Gasteiger partial charge is 0.176 e. The lowest BCUT2D eigenvalue weighted by atomic mass is 10.0. The molecule has 1 aliphatic heterocycles. The van der Waals surface area contributed by atoms with Crippen LogP contribution in [-0.2, 0) is 0 Å². The summed E-state index contributed by atoms with van der Waals surface area (Å²) in [5, 5.41) is 0. The number of aryl methyl sites for hydroxylation is 2. The quantitative estimate of drug-likeness (QED) is 0.788. The largest absolute Gasteiger partial charge is 0.298 e. The summed E-state index contributed by atoms with van der Waals surface area (Å²) in [6.07, 6.45) is 0. The van der Waals surface area contributed by atoms with E-state index >= 15 is 0 Å². The molecule has 3 heteroatoms. The summed E-state index contributed by atoms with van der Waals surface area (Å²) < 4.78 is 0. The van der Waals surface area contributed by atoms with Gasteiger partial charge in [0.2, 0.25) is 0 Å². The van der Waals surface area contributed by atoms with E-state index in [9.17, 15) is 4.79 Å². The molecule has 1 aromatic rings. The zero-order valence-electron chi connectivity index (χ0n) is 13.1. The Bertz CT molecular complexity index is 474. The number of hydrogen-bond donors (Lipinski definition) is 0. The molecular weight excluding hydrogens is 248 g/mol. The summed E-state index contributed by atoms with van der Waals surface area (Å²) in [5.41, 5.74) is 3.28. The van der Waals surface area contributed by atoms with Crippen LogP contribution in [0.15, 0.2) is 18.2 Å². The van der Waals surface area contributed by atoms with Crippen molar-refractivity contribution in [1.29, 1.82) is 0 Å². The Kier molecular flexibility index (Phi) is 4.95. The lowest BCUT2D eigenvalue weighted by molar-refractivity contribution is 0.0807. The first-order valence-corrected chi connectivity index (χ1v) is 7.54. The van der Waals surface area contributed by atoms with Crippen molar-refractivity contribution in [3.8, 4) is 0 Å². The van der Waals surface area contributed by atoms with E-state index in [4.69, 9.17) is 0 Å². The van der Waals surface area contributed by atoms with Crippen molar-refractivity contribution in [1.82, 2.24) is 9.80 Å². The molecule has 2 rings (SSSR count). The molecule has 1 heterocycles. The van der Waals surface area contributed by atoms with Crippen LogP contribution in [0.2, 0.25) is 0 Å². The Labute approximate surface area is 122 Å². The second-order valence-electron chi connectivity index (χ2n) is 6.13. The summed E-state index contributed by atoms with van der Waals surface area (Å²) in [6, 6.07) is 6.61. The van der Waals surface area contributed by atoms with Crippen molar-refractivity contribution in [3.05, 3.63) is 34.9 Å². The Morgan fingerprint density at radius 1 is 1.10 bits per heavy atom. The van der Waals surface area contributed by atoms with Crippen LogP contribution in [0.1, 0.15) is 35.3 Å². The fraction of sp³-hybridized carbons (Fsp3) is 0.588. The standard InChI is InChI=1S/C17H26N2O/c1-13(2)19-9-7-18(8-10-19)12-17(20)16-6-5-14(3)15(4)11-16/h5-6,11,13H,7-10,12H2,1-4H3. The number of nitrogens with zero attached hydrogens (tertiary/aromatic N) is 2. The van der Waals surface area contributed by atoms with Gasteiger partial charge >= 0.3 is 0 Å². The molecule has 0 bridgehead atoms. The maximum Gasteiger partial charge on any atom is 0.176 e. The lowest BCUT2D eigenvalue weighted by Gasteiger charge is -2.36. The Balaban J connectivity index is 1.91. The predicted molar refractivity (Wildman–Crippen MR) is 83.4 cm³/mol. The minimum atomic E-state index is 0.242. The van der Waals surface area contributed by atoms with Crippen molar-refractivity contribution >= 4 is 5.78 Å². The molecule has 0 spiro atoms. The van der Waals surface area contributed by atoms with Crippen molar-refractivity contribution in [2.45, 2.75) is 33.7 Å². The third kappa shape index (κ3) is 3.68. The number of piperazine rings is 1. The first-order chi connectivity index (χ1) is 9.47. The highest BCUT2D eigenvalue weighted by Crippen LogP contribution is 2.12. The van der Waals surface area contributed by atoms with Crippen LogP contribution < -0.4 is 0 Å². The highest BCUT2D eigenvalue weighted by molar-refractivity contribution is 5.97. The van der Waals surface area contributed by atoms with Crippen LogP contribution in [0, 0.1) is 13.8 Å². The monoisotopic (exact) mass is 274 g/mol. The van der Waals surface area contributed by atoms with Gasteiger partial charge in [-0.05, 0) is 44.9 Å². The number of carbonyl (C=O) groups excluding carboxylic acids is 1. The minimum absolute atomic E-state index is 0.242. The van der Waals surface area contributed by atoms with E-state index in [1.165, 1.54) is 11.1 Å². The molecule has 0 aromatic heterocycles. The van der Waals surface area contributed by atoms with Crippen molar-refractivity contribution in [3.63, 3.8) is 0 Å². The number of ketones is 1. The fourth-order valence-corrected chi connectivity index (χ4v) is 2.65. The van der Waals surface area contributed by atoms with Gasteiger partial charge in [-0.3, -0.25) is 14.6 Å². The van der Waals surface area contributed by atoms with E-state index < -0.39 is 0 Å². The number of benzene rings is 1. The molecule has 0 unspecified atom stereocenters. The van der Waals surface area contributed by atoms with E-state index in [1.807, 2.05) is 18.2 Å². The molecule has 0 atom stereocenters. The molecular formula is C17H26N2O. The van der Waals surface area contributed by atoms with Gasteiger partial charge < -0.3 is 0 Å². The van der Waals surface area contributed by atoms with Gasteiger partial charge in [-0.15, -0.1) is 0 Å². The van der Waals surface area contributed by atoms with Gasteiger partial charge in [0, 0.05) is 37.8 Å². The number of rotatable bonds is 4. The third-order valence-corrected chi connectivity index (χ3v) is 4.33. The van der Waals surface area contributed by atoms with Crippen LogP contribution in [-0.4, -0.2) is 54.3 Å². The molecule has 110 valence electrons. The first-order valence-electron chi connectivity index (χ1n) is 7.54. The van der Waals surface area contributed by atoms with Crippen LogP contribution >= 0.6 is 0 Å². The minimum Gasteiger partial charge on any atom is -0.298 e. The topological polar surface area (TPSA) is 23.6 Å². The molecule has 3 nitrogen and oxygen atoms in total. The second-order valence-corrected chi connectivity index (χ2v) is 6.13. The molecule has 0 aliphatic carbocycles. The van der Waals surface area contributed by atoms with E-state index in [1.54, 1.807) is 0 Å². The Morgan fingerprint density at radius 2 is 1.75 bits per heavy atom. The summed E-state index contributed by atoms with van der Waals surface area (Å²) in [7, 11) is 0. The number of carbonyl (C=O) groups is 1. The van der Waals surface area contributed by atoms with Crippen molar-refractivity contribution < 1.29 is 4.79 Å². The summed E-state index contributed by atoms with van der Waals surface area (Å²) in [4.78, 5) is 17.1. The van der Waals surface area contributed by atoms with Crippen LogP contribution in [0.25, 0.3) is 0 Å². The van der Waals surface area contributed by atoms with Gasteiger partial charge in [0.1, 0.15) is 0 Å². The van der Waals surface area contributed by atoms with Gasteiger partial charge in [-0.25, -0.2) is 0 Å². The van der Waals surface area contributed by atoms with E-state index in [0.717, 1.165) is 31.7 Å². The first kappa shape index (κ1) is 15.2. The van der Waals surface area contributed by atoms with Crippen LogP contribution in [0.3, 0.4) is 0 Å². The van der Waals surface area contributed by atoms with E-state index in [0.29, 0.717) is 12.6 Å². The van der Waals surface area contributed by atoms with Gasteiger partial charge in [0.25, 0.3) is 0 Å². The predicted octanol–water partition coefficient (Wildman–Crippen LogP) is 2.51. The lowest BCUT2D eigenvalue weighted by Crippen LogP contribution is -2.50. The summed E-state index contributed by atoms with van der Waals surface area (Å²) in [6.45, 7) is 13.3. The van der Waals surface area contributed by atoms with E-state index in [-0.39, 0.29) is 5.78 Å². The molecule has 1 aliphatic rings. The molecule has 1 fully saturated rings. The number of hydrogen-bond acceptors (Lipinski definition) is 3. The zero-order chi connectivity index (χ0) is 14.7. The molecule has 0 saturated carbocycles. The van der Waals surface area contributed by atoms with Gasteiger partial charge in [-0.1, -0.05) is 12.1 Å². The normalized spacial score (nSPS) is 17.6. The van der Waals surface area contributed by atoms with Crippen molar-refractivity contribution in [2.24, 2.45) is 0 Å². The second kappa shape index (κ2) is 6.51. The van der Waals surface area contributed by atoms with Gasteiger partial charge in [0.15, 0.2) is 5.78 Å². The summed E-state index contributed by atoms with van der Waals surface area (Å²) >= 11 is 0. The average Bonchev–Trinajstić information content (AvgIpc) is 2.42. The van der Waals surface area contributed by atoms with Gasteiger partial charge in [0.05, 0.1) is 6.54 Å². The average molecular weight is 274 g/mol. The maximum absolute atomic E-state index is 12.3. The van der Waals surface area contributed by atoms with Crippen LogP contribution in [0.5, 0.6) is 0 Å². The molecule has 0 radical (unpaired) electrons. The molecule has 20 heavy (non-hydrogen) atoms. The highest BCUT2D eigenvalue weighted by Gasteiger charge is 2.20. The number of Topliss-reactive ketones (excluding diaryl/α,β-unsaturated/α-hetero) is 1. The fourth-order valence-electron chi connectivity index (χ4n) is 2.65. The Hall–Kier alpha value is -1.19. The molecule has 1 saturated heterocycles. The van der Waals surface area contributed by atoms with E-state index in [2.05, 4.69) is 37.5 Å². The SMILES string of the molecule is Cc1ccc(C(=O)CN2CCN(C(C)C)CC2)cc1C. The highest BCUT2D eigenvalue weighted by atomic mass is 16.1. The zero-order valence-corrected chi connectivity index (χ0v) is 13.1. The molecule has 1 aromatic carbocycles. The molecule has 0 amide bonds. The van der Waals surface area contributed by atoms with Crippen LogP contribution in [0.4, 0.5) is 0 Å². The maximum atomic E-state index is 12.3. The van der Waals surface area contributed by atoms with Gasteiger partial charge in [-0.2, -0.15) is 0 Å². The molecule has 0 N–H and O–H groups in total. The Morgan fingerprint density at radius 3 is 2.30 bits per heavy atom. The third-order valence-electron chi connectivity index (χ3n) is 4.33. The van der Waals surface area contributed by atoms with Crippen molar-refractivity contribution in [2.75, 3.05) is 32.7 Å². The summed E-state index contributed by atoms with van der Waals surface area (Å²) in [5.74, 6) is 0.242.